The molecule has 1 saturated carbocycles. The normalized spacial score (nSPS) is 25.0. The fraction of sp³-hybridized carbons (Fsp3) is 0.609. The molecule has 0 amide bonds. The largest absolute Gasteiger partial charge is 0.370 e. The molecule has 2 aromatic rings. The van der Waals surface area contributed by atoms with Crippen LogP contribution in [-0.2, 0) is 12.8 Å². The molecule has 5 rings (SSSR count). The fourth-order valence-electron chi connectivity index (χ4n) is 5.06. The molecule has 5 heteroatoms. The highest BCUT2D eigenvalue weighted by Crippen LogP contribution is 2.39. The number of fused-ring (bicyclic) bond motifs is 1. The number of thiazole rings is 1. The van der Waals surface area contributed by atoms with Gasteiger partial charge in [0, 0.05) is 23.9 Å². The van der Waals surface area contributed by atoms with Crippen LogP contribution in [0.15, 0.2) is 18.3 Å². The van der Waals surface area contributed by atoms with E-state index in [1.165, 1.54) is 62.1 Å². The van der Waals surface area contributed by atoms with Crippen molar-refractivity contribution in [2.45, 2.75) is 63.7 Å². The van der Waals surface area contributed by atoms with Gasteiger partial charge in [-0.3, -0.25) is 0 Å². The first-order valence-corrected chi connectivity index (χ1v) is 11.7. The Bertz CT molecular complexity index is 836. The average molecular weight is 393 g/mol. The summed E-state index contributed by atoms with van der Waals surface area (Å²) in [4.78, 5) is 13.3. The number of aromatic nitrogens is 2. The highest BCUT2D eigenvalue weighted by molar-refractivity contribution is 7.11. The maximum atomic E-state index is 8.93. The Morgan fingerprint density at radius 1 is 1.11 bits per heavy atom. The van der Waals surface area contributed by atoms with Crippen LogP contribution in [0.1, 0.15) is 72.1 Å². The van der Waals surface area contributed by atoms with E-state index in [4.69, 9.17) is 10.2 Å². The summed E-state index contributed by atoms with van der Waals surface area (Å²) in [6.45, 7) is 2.07. The van der Waals surface area contributed by atoms with E-state index in [0.29, 0.717) is 11.6 Å². The Kier molecular flexibility index (Phi) is 5.07. The van der Waals surface area contributed by atoms with Crippen LogP contribution in [0, 0.1) is 23.2 Å². The van der Waals surface area contributed by atoms with Gasteiger partial charge in [0.25, 0.3) is 0 Å². The number of nitriles is 1. The zero-order valence-electron chi connectivity index (χ0n) is 16.4. The number of rotatable bonds is 4. The van der Waals surface area contributed by atoms with Crippen molar-refractivity contribution in [1.82, 2.24) is 9.97 Å². The molecule has 0 N–H and O–H groups in total. The Labute approximate surface area is 171 Å². The molecule has 2 fully saturated rings. The van der Waals surface area contributed by atoms with Crippen molar-refractivity contribution in [2.75, 3.05) is 18.0 Å². The summed E-state index contributed by atoms with van der Waals surface area (Å²) < 4.78 is 0. The summed E-state index contributed by atoms with van der Waals surface area (Å²) in [5.41, 5.74) is 3.02. The minimum absolute atomic E-state index is 0.485. The molecular formula is C23H28N4S. The lowest BCUT2D eigenvalue weighted by Crippen LogP contribution is -2.19. The van der Waals surface area contributed by atoms with Gasteiger partial charge in [0.1, 0.15) is 11.8 Å². The summed E-state index contributed by atoms with van der Waals surface area (Å²) in [6, 6.07) is 5.93. The van der Waals surface area contributed by atoms with E-state index < -0.39 is 0 Å². The standard InChI is InChI=1S/C23H28N4S/c24-13-19-6-7-20(14-25-19)27-11-10-18(15-27)23-26-21-8-4-17(5-9-22(21)28-23)12-16-2-1-3-16/h6-7,14,16-18H,1-5,8-12,15H2. The van der Waals surface area contributed by atoms with Gasteiger partial charge >= 0.3 is 0 Å². The molecule has 2 unspecified atom stereocenters. The van der Waals surface area contributed by atoms with Gasteiger partial charge in [-0.05, 0) is 62.5 Å². The van der Waals surface area contributed by atoms with Crippen LogP contribution >= 0.6 is 11.3 Å². The number of hydrogen-bond donors (Lipinski definition) is 0. The smallest absolute Gasteiger partial charge is 0.140 e. The molecule has 0 bridgehead atoms. The first kappa shape index (κ1) is 18.1. The SMILES string of the molecule is N#Cc1ccc(N2CCC(c3nc4c(s3)CCC(CC3CCC3)CC4)C2)cn1. The molecule has 146 valence electrons. The molecule has 2 atom stereocenters. The molecule has 1 aliphatic heterocycles. The molecule has 4 nitrogen and oxygen atoms in total. The molecule has 0 spiro atoms. The van der Waals surface area contributed by atoms with Crippen molar-refractivity contribution in [3.63, 3.8) is 0 Å². The monoisotopic (exact) mass is 392 g/mol. The van der Waals surface area contributed by atoms with Crippen molar-refractivity contribution in [1.29, 1.82) is 5.26 Å². The van der Waals surface area contributed by atoms with Gasteiger partial charge in [-0.15, -0.1) is 11.3 Å². The third kappa shape index (κ3) is 3.67. The van der Waals surface area contributed by atoms with Crippen LogP contribution in [0.4, 0.5) is 5.69 Å². The van der Waals surface area contributed by atoms with E-state index in [1.807, 2.05) is 29.7 Å². The number of pyridine rings is 1. The highest BCUT2D eigenvalue weighted by atomic mass is 32.1. The van der Waals surface area contributed by atoms with E-state index >= 15 is 0 Å². The van der Waals surface area contributed by atoms with Gasteiger partial charge in [0.05, 0.1) is 22.6 Å². The van der Waals surface area contributed by atoms with E-state index in [9.17, 15) is 0 Å². The summed E-state index contributed by atoms with van der Waals surface area (Å²) in [7, 11) is 0. The summed E-state index contributed by atoms with van der Waals surface area (Å²) in [5, 5.41) is 10.3. The first-order chi connectivity index (χ1) is 13.8. The van der Waals surface area contributed by atoms with E-state index in [2.05, 4.69) is 16.0 Å². The Morgan fingerprint density at radius 3 is 2.71 bits per heavy atom. The highest BCUT2D eigenvalue weighted by Gasteiger charge is 2.30. The average Bonchev–Trinajstić information content (AvgIpc) is 3.29. The zero-order chi connectivity index (χ0) is 18.9. The summed E-state index contributed by atoms with van der Waals surface area (Å²) >= 11 is 1.99. The predicted octanol–water partition coefficient (Wildman–Crippen LogP) is 5.09. The first-order valence-electron chi connectivity index (χ1n) is 10.9. The topological polar surface area (TPSA) is 52.8 Å². The third-order valence-corrected chi connectivity index (χ3v) is 8.34. The van der Waals surface area contributed by atoms with Gasteiger partial charge in [-0.1, -0.05) is 19.3 Å². The second-order valence-corrected chi connectivity index (χ2v) is 9.96. The van der Waals surface area contributed by atoms with Crippen LogP contribution < -0.4 is 4.90 Å². The van der Waals surface area contributed by atoms with Crippen LogP contribution in [0.2, 0.25) is 0 Å². The maximum absolute atomic E-state index is 8.93. The minimum Gasteiger partial charge on any atom is -0.370 e. The number of aryl methyl sites for hydroxylation is 2. The van der Waals surface area contributed by atoms with Gasteiger partial charge < -0.3 is 4.90 Å². The molecule has 3 aliphatic rings. The van der Waals surface area contributed by atoms with Crippen LogP contribution in [-0.4, -0.2) is 23.1 Å². The van der Waals surface area contributed by atoms with Gasteiger partial charge in [0.15, 0.2) is 0 Å². The molecular weight excluding hydrogens is 364 g/mol. The summed E-state index contributed by atoms with van der Waals surface area (Å²) in [6.07, 6.45) is 14.1. The van der Waals surface area contributed by atoms with Crippen molar-refractivity contribution in [2.24, 2.45) is 11.8 Å². The zero-order valence-corrected chi connectivity index (χ0v) is 17.3. The lowest BCUT2D eigenvalue weighted by atomic mass is 9.77. The van der Waals surface area contributed by atoms with Crippen LogP contribution in [0.5, 0.6) is 0 Å². The predicted molar refractivity (Wildman–Crippen MR) is 113 cm³/mol. The van der Waals surface area contributed by atoms with E-state index in [-0.39, 0.29) is 0 Å². The second kappa shape index (κ2) is 7.83. The van der Waals surface area contributed by atoms with Gasteiger partial charge in [-0.25, -0.2) is 9.97 Å². The minimum atomic E-state index is 0.485. The van der Waals surface area contributed by atoms with Crippen molar-refractivity contribution < 1.29 is 0 Å². The quantitative estimate of drug-likeness (QED) is 0.680. The Balaban J connectivity index is 1.21. The molecule has 1 saturated heterocycles. The van der Waals surface area contributed by atoms with Crippen LogP contribution in [0.25, 0.3) is 0 Å². The molecule has 3 heterocycles. The maximum Gasteiger partial charge on any atom is 0.140 e. The Morgan fingerprint density at radius 2 is 1.96 bits per heavy atom. The third-order valence-electron chi connectivity index (χ3n) is 7.02. The number of nitrogens with zero attached hydrogens (tertiary/aromatic N) is 4. The second-order valence-electron chi connectivity index (χ2n) is 8.84. The molecule has 0 aromatic carbocycles. The number of hydrogen-bond acceptors (Lipinski definition) is 5. The van der Waals surface area contributed by atoms with Crippen molar-refractivity contribution in [3.05, 3.63) is 39.6 Å². The van der Waals surface area contributed by atoms with E-state index in [0.717, 1.165) is 37.0 Å². The summed E-state index contributed by atoms with van der Waals surface area (Å²) in [5.74, 6) is 2.50. The van der Waals surface area contributed by atoms with Crippen molar-refractivity contribution >= 4 is 17.0 Å². The fourth-order valence-corrected chi connectivity index (χ4v) is 6.31. The lowest BCUT2D eigenvalue weighted by molar-refractivity contribution is 0.237. The van der Waals surface area contributed by atoms with E-state index in [1.54, 1.807) is 4.88 Å². The van der Waals surface area contributed by atoms with Crippen molar-refractivity contribution in [3.8, 4) is 6.07 Å². The number of anilines is 1. The van der Waals surface area contributed by atoms with Gasteiger partial charge in [-0.2, -0.15) is 5.26 Å². The molecule has 2 aliphatic carbocycles. The molecule has 0 radical (unpaired) electrons. The Hall–Kier alpha value is -1.93. The van der Waals surface area contributed by atoms with Crippen LogP contribution in [0.3, 0.4) is 0 Å². The van der Waals surface area contributed by atoms with Gasteiger partial charge in [0.2, 0.25) is 0 Å². The molecule has 28 heavy (non-hydrogen) atoms. The lowest BCUT2D eigenvalue weighted by Gasteiger charge is -2.29. The molecule has 2 aromatic heterocycles.